The van der Waals surface area contributed by atoms with Crippen LogP contribution in [-0.4, -0.2) is 87.4 Å². The van der Waals surface area contributed by atoms with Crippen LogP contribution in [0.4, 0.5) is 0 Å². The molecule has 2 atom stereocenters. The second-order valence-electron chi connectivity index (χ2n) is 7.34. The van der Waals surface area contributed by atoms with E-state index in [0.29, 0.717) is 18.0 Å². The van der Waals surface area contributed by atoms with Crippen molar-refractivity contribution in [1.82, 2.24) is 20.4 Å². The summed E-state index contributed by atoms with van der Waals surface area (Å²) in [6.45, 7) is 19.1. The molecule has 26 heavy (non-hydrogen) atoms. The Labute approximate surface area is 178 Å². The summed E-state index contributed by atoms with van der Waals surface area (Å²) in [6, 6.07) is 1.03. The highest BCUT2D eigenvalue weighted by molar-refractivity contribution is 14.0. The van der Waals surface area contributed by atoms with Crippen LogP contribution in [0, 0.1) is 5.92 Å². The standard InChI is InChI=1S/C19H41N5O.HI/c1-7-23(8-2)17(5)14-21-19(20-6)22-15-18(13-16(3)4)24-9-11-25-12-10-24;/h16-18H,7-15H2,1-6H3,(H2,20,21,22);1H. The maximum absolute atomic E-state index is 5.51. The van der Waals surface area contributed by atoms with E-state index >= 15 is 0 Å². The molecule has 1 aliphatic heterocycles. The second kappa shape index (κ2) is 14.9. The van der Waals surface area contributed by atoms with Gasteiger partial charge >= 0.3 is 0 Å². The topological polar surface area (TPSA) is 52.1 Å². The van der Waals surface area contributed by atoms with Crippen molar-refractivity contribution >= 4 is 29.9 Å². The average molecular weight is 483 g/mol. The molecule has 0 aromatic heterocycles. The fourth-order valence-electron chi connectivity index (χ4n) is 3.50. The molecule has 0 aromatic rings. The molecule has 1 rings (SSSR count). The van der Waals surface area contributed by atoms with E-state index in [2.05, 4.69) is 60.0 Å². The highest BCUT2D eigenvalue weighted by Crippen LogP contribution is 2.13. The van der Waals surface area contributed by atoms with Gasteiger partial charge < -0.3 is 15.4 Å². The van der Waals surface area contributed by atoms with E-state index in [-0.39, 0.29) is 24.0 Å². The maximum Gasteiger partial charge on any atom is 0.191 e. The van der Waals surface area contributed by atoms with Crippen molar-refractivity contribution in [3.05, 3.63) is 0 Å². The van der Waals surface area contributed by atoms with Crippen molar-refractivity contribution in [3.8, 4) is 0 Å². The van der Waals surface area contributed by atoms with Gasteiger partial charge in [-0.3, -0.25) is 14.8 Å². The Kier molecular flexibility index (Phi) is 14.8. The molecule has 1 saturated heterocycles. The van der Waals surface area contributed by atoms with Crippen molar-refractivity contribution in [2.75, 3.05) is 59.5 Å². The van der Waals surface area contributed by atoms with E-state index < -0.39 is 0 Å². The number of aliphatic imine (C=N–C) groups is 1. The monoisotopic (exact) mass is 483 g/mol. The lowest BCUT2D eigenvalue weighted by Crippen LogP contribution is -2.52. The number of halogens is 1. The molecule has 1 aliphatic rings. The van der Waals surface area contributed by atoms with E-state index in [9.17, 15) is 0 Å². The SMILES string of the molecule is CCN(CC)C(C)CNC(=NC)NCC(CC(C)C)N1CCOCC1.I. The van der Waals surface area contributed by atoms with Crippen LogP contribution in [0.2, 0.25) is 0 Å². The van der Waals surface area contributed by atoms with Crippen LogP contribution in [0.3, 0.4) is 0 Å². The van der Waals surface area contributed by atoms with Crippen LogP contribution in [-0.2, 0) is 4.74 Å². The Morgan fingerprint density at radius 1 is 1.08 bits per heavy atom. The first-order chi connectivity index (χ1) is 12.0. The lowest BCUT2D eigenvalue weighted by Gasteiger charge is -2.36. The van der Waals surface area contributed by atoms with E-state index in [1.54, 1.807) is 0 Å². The number of guanidine groups is 1. The fourth-order valence-corrected chi connectivity index (χ4v) is 3.50. The molecule has 7 heteroatoms. The first-order valence-electron chi connectivity index (χ1n) is 10.0. The summed E-state index contributed by atoms with van der Waals surface area (Å²) >= 11 is 0. The molecule has 0 aliphatic carbocycles. The van der Waals surface area contributed by atoms with Gasteiger partial charge in [0.25, 0.3) is 0 Å². The Morgan fingerprint density at radius 2 is 1.65 bits per heavy atom. The Hall–Kier alpha value is -0.120. The quantitative estimate of drug-likeness (QED) is 0.284. The van der Waals surface area contributed by atoms with Gasteiger partial charge in [0, 0.05) is 45.3 Å². The molecule has 1 heterocycles. The predicted octanol–water partition coefficient (Wildman–Crippen LogP) is 2.25. The summed E-state index contributed by atoms with van der Waals surface area (Å²) in [7, 11) is 1.85. The van der Waals surface area contributed by atoms with Crippen molar-refractivity contribution in [2.24, 2.45) is 10.9 Å². The molecule has 156 valence electrons. The Balaban J connectivity index is 0.00000625. The Bertz CT molecular complexity index is 371. The summed E-state index contributed by atoms with van der Waals surface area (Å²) in [4.78, 5) is 9.41. The molecule has 0 spiro atoms. The zero-order chi connectivity index (χ0) is 18.7. The van der Waals surface area contributed by atoms with Crippen LogP contribution in [0.1, 0.15) is 41.0 Å². The van der Waals surface area contributed by atoms with Gasteiger partial charge in [0.05, 0.1) is 13.2 Å². The lowest BCUT2D eigenvalue weighted by atomic mass is 10.0. The first-order valence-corrected chi connectivity index (χ1v) is 10.0. The molecule has 0 amide bonds. The molecular formula is C19H42IN5O. The third kappa shape index (κ3) is 9.71. The van der Waals surface area contributed by atoms with Crippen molar-refractivity contribution in [1.29, 1.82) is 0 Å². The van der Waals surface area contributed by atoms with E-state index in [1.807, 2.05) is 7.05 Å². The molecular weight excluding hydrogens is 441 g/mol. The minimum Gasteiger partial charge on any atom is -0.379 e. The number of morpholine rings is 1. The van der Waals surface area contributed by atoms with E-state index in [0.717, 1.165) is 58.4 Å². The zero-order valence-electron chi connectivity index (χ0n) is 17.8. The predicted molar refractivity (Wildman–Crippen MR) is 123 cm³/mol. The van der Waals surface area contributed by atoms with Gasteiger partial charge in [-0.1, -0.05) is 27.7 Å². The summed E-state index contributed by atoms with van der Waals surface area (Å²) in [5, 5.41) is 7.02. The molecule has 0 saturated carbocycles. The van der Waals surface area contributed by atoms with Gasteiger partial charge in [0.1, 0.15) is 0 Å². The summed E-state index contributed by atoms with van der Waals surface area (Å²) < 4.78 is 5.51. The van der Waals surface area contributed by atoms with Crippen LogP contribution in [0.15, 0.2) is 4.99 Å². The summed E-state index contributed by atoms with van der Waals surface area (Å²) in [6.07, 6.45) is 1.19. The van der Waals surface area contributed by atoms with E-state index in [4.69, 9.17) is 4.74 Å². The third-order valence-corrected chi connectivity index (χ3v) is 5.03. The number of ether oxygens (including phenoxy) is 1. The Morgan fingerprint density at radius 3 is 2.15 bits per heavy atom. The number of hydrogen-bond acceptors (Lipinski definition) is 4. The molecule has 1 fully saturated rings. The van der Waals surface area contributed by atoms with Gasteiger partial charge in [-0.2, -0.15) is 0 Å². The minimum absolute atomic E-state index is 0. The van der Waals surface area contributed by atoms with Crippen molar-refractivity contribution in [2.45, 2.75) is 53.1 Å². The van der Waals surface area contributed by atoms with Crippen LogP contribution >= 0.6 is 24.0 Å². The molecule has 6 nitrogen and oxygen atoms in total. The second-order valence-corrected chi connectivity index (χ2v) is 7.34. The van der Waals surface area contributed by atoms with Gasteiger partial charge in [-0.15, -0.1) is 24.0 Å². The lowest BCUT2D eigenvalue weighted by molar-refractivity contribution is 0.0132. The van der Waals surface area contributed by atoms with Gasteiger partial charge in [0.2, 0.25) is 0 Å². The maximum atomic E-state index is 5.51. The number of likely N-dealkylation sites (N-methyl/N-ethyl adjacent to an activating group) is 1. The molecule has 2 unspecified atom stereocenters. The molecule has 0 radical (unpaired) electrons. The highest BCUT2D eigenvalue weighted by atomic mass is 127. The minimum atomic E-state index is 0. The van der Waals surface area contributed by atoms with Crippen molar-refractivity contribution < 1.29 is 4.74 Å². The van der Waals surface area contributed by atoms with Crippen LogP contribution in [0.5, 0.6) is 0 Å². The third-order valence-electron chi connectivity index (χ3n) is 5.03. The summed E-state index contributed by atoms with van der Waals surface area (Å²) in [5.41, 5.74) is 0. The largest absolute Gasteiger partial charge is 0.379 e. The van der Waals surface area contributed by atoms with Gasteiger partial charge in [0.15, 0.2) is 5.96 Å². The number of hydrogen-bond donors (Lipinski definition) is 2. The fraction of sp³-hybridized carbons (Fsp3) is 0.947. The first kappa shape index (κ1) is 25.9. The van der Waals surface area contributed by atoms with E-state index in [1.165, 1.54) is 6.42 Å². The van der Waals surface area contributed by atoms with Crippen LogP contribution in [0.25, 0.3) is 0 Å². The number of nitrogens with zero attached hydrogens (tertiary/aromatic N) is 3. The number of nitrogens with one attached hydrogen (secondary N) is 2. The van der Waals surface area contributed by atoms with Gasteiger partial charge in [-0.25, -0.2) is 0 Å². The summed E-state index contributed by atoms with van der Waals surface area (Å²) in [5.74, 6) is 1.59. The average Bonchev–Trinajstić information content (AvgIpc) is 2.62. The molecule has 2 N–H and O–H groups in total. The van der Waals surface area contributed by atoms with Gasteiger partial charge in [-0.05, 0) is 32.4 Å². The molecule has 0 bridgehead atoms. The smallest absolute Gasteiger partial charge is 0.191 e. The molecule has 0 aromatic carbocycles. The normalized spacial score (nSPS) is 18.5. The van der Waals surface area contributed by atoms with Crippen molar-refractivity contribution in [3.63, 3.8) is 0 Å². The van der Waals surface area contributed by atoms with Crippen LogP contribution < -0.4 is 10.6 Å². The highest BCUT2D eigenvalue weighted by Gasteiger charge is 2.22. The zero-order valence-corrected chi connectivity index (χ0v) is 20.1. The number of rotatable bonds is 10.